The van der Waals surface area contributed by atoms with Gasteiger partial charge in [0.1, 0.15) is 0 Å². The number of hydrogen-bond acceptors (Lipinski definition) is 2. The van der Waals surface area contributed by atoms with Crippen LogP contribution in [-0.2, 0) is 6.42 Å². The van der Waals surface area contributed by atoms with Gasteiger partial charge in [0.25, 0.3) is 5.91 Å². The quantitative estimate of drug-likeness (QED) is 0.769. The van der Waals surface area contributed by atoms with Gasteiger partial charge in [-0.25, -0.2) is 0 Å². The molecule has 2 nitrogen and oxygen atoms in total. The Morgan fingerprint density at radius 3 is 2.79 bits per heavy atom. The van der Waals surface area contributed by atoms with Crippen molar-refractivity contribution >= 4 is 22.9 Å². The average Bonchev–Trinajstić information content (AvgIpc) is 2.78. The summed E-state index contributed by atoms with van der Waals surface area (Å²) in [7, 11) is 0. The second kappa shape index (κ2) is 4.82. The highest BCUT2D eigenvalue weighted by atomic mass is 32.1. The highest BCUT2D eigenvalue weighted by Crippen LogP contribution is 2.30. The standard InChI is InChI=1S/C16H17NOS/c1-11-12(2)19-10-14(11)16(18)17-9-5-7-13-6-3-4-8-15(13)17/h3-4,6,8,10H,5,7,9H2,1-2H3. The van der Waals surface area contributed by atoms with E-state index >= 15 is 0 Å². The number of anilines is 1. The van der Waals surface area contributed by atoms with E-state index in [1.807, 2.05) is 29.3 Å². The molecule has 3 heteroatoms. The summed E-state index contributed by atoms with van der Waals surface area (Å²) < 4.78 is 0. The zero-order valence-electron chi connectivity index (χ0n) is 11.3. The van der Waals surface area contributed by atoms with Crippen molar-refractivity contribution in [1.82, 2.24) is 0 Å². The van der Waals surface area contributed by atoms with Crippen LogP contribution in [0.25, 0.3) is 0 Å². The number of fused-ring (bicyclic) bond motifs is 1. The molecule has 1 aliphatic rings. The molecule has 0 atom stereocenters. The molecule has 1 aromatic carbocycles. The predicted octanol–water partition coefficient (Wildman–Crippen LogP) is 3.96. The summed E-state index contributed by atoms with van der Waals surface area (Å²) in [5.41, 5.74) is 4.35. The fraction of sp³-hybridized carbons (Fsp3) is 0.312. The number of nitrogens with zero attached hydrogens (tertiary/aromatic N) is 1. The summed E-state index contributed by atoms with van der Waals surface area (Å²) in [5.74, 6) is 0.147. The molecule has 1 amide bonds. The first-order valence-corrected chi connectivity index (χ1v) is 7.51. The summed E-state index contributed by atoms with van der Waals surface area (Å²) in [6.45, 7) is 4.93. The lowest BCUT2D eigenvalue weighted by Gasteiger charge is -2.29. The average molecular weight is 271 g/mol. The molecule has 0 spiro atoms. The van der Waals surface area contributed by atoms with Crippen molar-refractivity contribution in [3.05, 3.63) is 51.2 Å². The lowest BCUT2D eigenvalue weighted by molar-refractivity contribution is 0.0985. The van der Waals surface area contributed by atoms with Crippen LogP contribution in [0.5, 0.6) is 0 Å². The Morgan fingerprint density at radius 1 is 1.26 bits per heavy atom. The molecule has 0 N–H and O–H groups in total. The lowest BCUT2D eigenvalue weighted by atomic mass is 10.0. The van der Waals surface area contributed by atoms with Gasteiger partial charge < -0.3 is 4.90 Å². The third-order valence-electron chi connectivity index (χ3n) is 3.87. The largest absolute Gasteiger partial charge is 0.308 e. The van der Waals surface area contributed by atoms with E-state index in [1.165, 1.54) is 10.4 Å². The Morgan fingerprint density at radius 2 is 2.05 bits per heavy atom. The monoisotopic (exact) mass is 271 g/mol. The zero-order chi connectivity index (χ0) is 13.4. The molecule has 1 aromatic heterocycles. The number of para-hydroxylation sites is 1. The molecule has 0 saturated heterocycles. The van der Waals surface area contributed by atoms with Crippen LogP contribution in [0.3, 0.4) is 0 Å². The molecule has 98 valence electrons. The molecular formula is C16H17NOS. The van der Waals surface area contributed by atoms with Gasteiger partial charge >= 0.3 is 0 Å². The number of carbonyl (C=O) groups excluding carboxylic acids is 1. The van der Waals surface area contributed by atoms with E-state index < -0.39 is 0 Å². The normalized spacial score (nSPS) is 14.3. The molecule has 3 rings (SSSR count). The van der Waals surface area contributed by atoms with Gasteiger partial charge in [-0.1, -0.05) is 18.2 Å². The van der Waals surface area contributed by atoms with Crippen molar-refractivity contribution < 1.29 is 4.79 Å². The molecule has 1 aliphatic heterocycles. The van der Waals surface area contributed by atoms with Gasteiger partial charge in [0.15, 0.2) is 0 Å². The minimum absolute atomic E-state index is 0.147. The van der Waals surface area contributed by atoms with Crippen LogP contribution in [0.1, 0.15) is 32.8 Å². The first-order chi connectivity index (χ1) is 9.18. The molecule has 2 aromatic rings. The number of thiophene rings is 1. The Balaban J connectivity index is 2.00. The Labute approximate surface area is 117 Å². The molecule has 0 radical (unpaired) electrons. The summed E-state index contributed by atoms with van der Waals surface area (Å²) in [6, 6.07) is 8.24. The van der Waals surface area contributed by atoms with E-state index in [0.29, 0.717) is 0 Å². The SMILES string of the molecule is Cc1scc(C(=O)N2CCCc3ccccc32)c1C. The van der Waals surface area contributed by atoms with Crippen molar-refractivity contribution in [1.29, 1.82) is 0 Å². The molecule has 0 bridgehead atoms. The van der Waals surface area contributed by atoms with Gasteiger partial charge in [0, 0.05) is 22.5 Å². The van der Waals surface area contributed by atoms with E-state index in [9.17, 15) is 4.79 Å². The molecule has 19 heavy (non-hydrogen) atoms. The van der Waals surface area contributed by atoms with Crippen molar-refractivity contribution in [3.8, 4) is 0 Å². The van der Waals surface area contributed by atoms with E-state index in [1.54, 1.807) is 11.3 Å². The van der Waals surface area contributed by atoms with Crippen LogP contribution in [0, 0.1) is 13.8 Å². The van der Waals surface area contributed by atoms with Crippen LogP contribution in [-0.4, -0.2) is 12.5 Å². The van der Waals surface area contributed by atoms with Gasteiger partial charge in [-0.2, -0.15) is 0 Å². The Hall–Kier alpha value is -1.61. The summed E-state index contributed by atoms with van der Waals surface area (Å²) in [5, 5.41) is 1.99. The smallest absolute Gasteiger partial charge is 0.259 e. The topological polar surface area (TPSA) is 20.3 Å². The van der Waals surface area contributed by atoms with E-state index in [4.69, 9.17) is 0 Å². The van der Waals surface area contributed by atoms with Gasteiger partial charge in [-0.05, 0) is 43.9 Å². The first kappa shape index (κ1) is 12.4. The van der Waals surface area contributed by atoms with E-state index in [2.05, 4.69) is 19.1 Å². The highest BCUT2D eigenvalue weighted by molar-refractivity contribution is 7.10. The molecule has 0 fully saturated rings. The minimum atomic E-state index is 0.147. The van der Waals surface area contributed by atoms with Gasteiger partial charge in [-0.15, -0.1) is 11.3 Å². The third-order valence-corrected chi connectivity index (χ3v) is 4.88. The van der Waals surface area contributed by atoms with Crippen LogP contribution >= 0.6 is 11.3 Å². The molecule has 0 unspecified atom stereocenters. The second-order valence-corrected chi connectivity index (χ2v) is 6.10. The molecular weight excluding hydrogens is 254 g/mol. The molecule has 2 heterocycles. The number of hydrogen-bond donors (Lipinski definition) is 0. The van der Waals surface area contributed by atoms with Gasteiger partial charge in [-0.3, -0.25) is 4.79 Å². The lowest BCUT2D eigenvalue weighted by Crippen LogP contribution is -2.35. The number of rotatable bonds is 1. The number of benzene rings is 1. The van der Waals surface area contributed by atoms with E-state index in [0.717, 1.165) is 36.2 Å². The first-order valence-electron chi connectivity index (χ1n) is 6.63. The van der Waals surface area contributed by atoms with Crippen LogP contribution < -0.4 is 4.90 Å². The maximum absolute atomic E-state index is 12.7. The van der Waals surface area contributed by atoms with Crippen molar-refractivity contribution in [3.63, 3.8) is 0 Å². The summed E-state index contributed by atoms with van der Waals surface area (Å²) >= 11 is 1.66. The van der Waals surface area contributed by atoms with Gasteiger partial charge in [0.05, 0.1) is 5.56 Å². The molecule has 0 saturated carbocycles. The highest BCUT2D eigenvalue weighted by Gasteiger charge is 2.25. The maximum atomic E-state index is 12.7. The van der Waals surface area contributed by atoms with E-state index in [-0.39, 0.29) is 5.91 Å². The Kier molecular flexibility index (Phi) is 3.15. The maximum Gasteiger partial charge on any atom is 0.259 e. The van der Waals surface area contributed by atoms with Crippen molar-refractivity contribution in [2.24, 2.45) is 0 Å². The van der Waals surface area contributed by atoms with Crippen LogP contribution in [0.4, 0.5) is 5.69 Å². The van der Waals surface area contributed by atoms with Crippen molar-refractivity contribution in [2.75, 3.05) is 11.4 Å². The fourth-order valence-electron chi connectivity index (χ4n) is 2.61. The second-order valence-electron chi connectivity index (χ2n) is 5.02. The minimum Gasteiger partial charge on any atom is -0.308 e. The number of amides is 1. The zero-order valence-corrected chi connectivity index (χ0v) is 12.1. The fourth-order valence-corrected chi connectivity index (χ4v) is 3.47. The van der Waals surface area contributed by atoms with Crippen LogP contribution in [0.2, 0.25) is 0 Å². The van der Waals surface area contributed by atoms with Crippen LogP contribution in [0.15, 0.2) is 29.6 Å². The number of carbonyl (C=O) groups is 1. The summed E-state index contributed by atoms with van der Waals surface area (Å²) in [4.78, 5) is 15.9. The van der Waals surface area contributed by atoms with Crippen molar-refractivity contribution in [2.45, 2.75) is 26.7 Å². The number of aryl methyl sites for hydroxylation is 2. The third kappa shape index (κ3) is 2.08. The Bertz CT molecular complexity index is 629. The molecule has 0 aliphatic carbocycles. The van der Waals surface area contributed by atoms with Gasteiger partial charge in [0.2, 0.25) is 0 Å². The predicted molar refractivity (Wildman–Crippen MR) is 80.2 cm³/mol. The summed E-state index contributed by atoms with van der Waals surface area (Å²) in [6.07, 6.45) is 2.12.